The van der Waals surface area contributed by atoms with Crippen LogP contribution in [0.4, 0.5) is 13.2 Å². The van der Waals surface area contributed by atoms with Crippen molar-refractivity contribution in [2.24, 2.45) is 5.73 Å². The Labute approximate surface area is 81.0 Å². The molecule has 0 bridgehead atoms. The molecule has 6 heteroatoms. The fourth-order valence-corrected chi connectivity index (χ4v) is 1.45. The topological polar surface area (TPSA) is 38.5 Å². The van der Waals surface area contributed by atoms with E-state index >= 15 is 0 Å². The second-order valence-corrected chi connectivity index (χ2v) is 3.52. The Morgan fingerprint density at radius 1 is 1.43 bits per heavy atom. The molecule has 0 amide bonds. The van der Waals surface area contributed by atoms with E-state index in [9.17, 15) is 13.2 Å². The van der Waals surface area contributed by atoms with Crippen molar-refractivity contribution in [3.05, 3.63) is 0 Å². The first-order chi connectivity index (χ1) is 6.47. The number of nitrogens with two attached hydrogens (primary N) is 1. The lowest BCUT2D eigenvalue weighted by Crippen LogP contribution is -2.30. The van der Waals surface area contributed by atoms with Crippen LogP contribution in [-0.2, 0) is 4.74 Å². The van der Waals surface area contributed by atoms with Crippen LogP contribution in [0.5, 0.6) is 0 Å². The smallest absolute Gasteiger partial charge is 0.371 e. The minimum atomic E-state index is -4.22. The maximum Gasteiger partial charge on any atom is 0.411 e. The summed E-state index contributed by atoms with van der Waals surface area (Å²) in [4.78, 5) is 2.01. The van der Waals surface area contributed by atoms with E-state index in [2.05, 4.69) is 4.74 Å². The van der Waals surface area contributed by atoms with Gasteiger partial charge in [0.05, 0.1) is 6.61 Å². The summed E-state index contributed by atoms with van der Waals surface area (Å²) >= 11 is 0. The van der Waals surface area contributed by atoms with Gasteiger partial charge in [0.2, 0.25) is 0 Å². The molecule has 0 aromatic rings. The van der Waals surface area contributed by atoms with Gasteiger partial charge in [0.1, 0.15) is 6.61 Å². The minimum Gasteiger partial charge on any atom is -0.371 e. The Bertz CT molecular complexity index is 174. The van der Waals surface area contributed by atoms with E-state index in [0.29, 0.717) is 6.54 Å². The van der Waals surface area contributed by atoms with Crippen molar-refractivity contribution in [1.82, 2.24) is 4.90 Å². The summed E-state index contributed by atoms with van der Waals surface area (Å²) < 4.78 is 39.5. The summed E-state index contributed by atoms with van der Waals surface area (Å²) in [6, 6.07) is 0.164. The van der Waals surface area contributed by atoms with E-state index in [0.717, 1.165) is 19.5 Å². The zero-order valence-electron chi connectivity index (χ0n) is 7.89. The first-order valence-corrected chi connectivity index (χ1v) is 4.60. The van der Waals surface area contributed by atoms with Gasteiger partial charge in [0, 0.05) is 19.1 Å². The maximum atomic E-state index is 11.7. The molecule has 3 nitrogen and oxygen atoms in total. The second-order valence-electron chi connectivity index (χ2n) is 3.52. The molecule has 1 aliphatic rings. The lowest BCUT2D eigenvalue weighted by atomic mass is 10.3. The molecular weight excluding hydrogens is 197 g/mol. The van der Waals surface area contributed by atoms with E-state index in [4.69, 9.17) is 5.73 Å². The van der Waals surface area contributed by atoms with Crippen molar-refractivity contribution >= 4 is 0 Å². The summed E-state index contributed by atoms with van der Waals surface area (Å²) in [5.41, 5.74) is 5.64. The van der Waals surface area contributed by atoms with E-state index in [1.807, 2.05) is 4.90 Å². The Morgan fingerprint density at radius 2 is 2.14 bits per heavy atom. The van der Waals surface area contributed by atoms with Crippen LogP contribution in [0, 0.1) is 0 Å². The largest absolute Gasteiger partial charge is 0.411 e. The maximum absolute atomic E-state index is 11.7. The summed E-state index contributed by atoms with van der Waals surface area (Å²) in [5, 5.41) is 0. The Balaban J connectivity index is 1.99. The number of nitrogens with zero attached hydrogens (tertiary/aromatic N) is 1. The molecule has 0 radical (unpaired) electrons. The number of likely N-dealkylation sites (tertiary alicyclic amines) is 1. The van der Waals surface area contributed by atoms with Crippen molar-refractivity contribution in [2.45, 2.75) is 18.6 Å². The summed E-state index contributed by atoms with van der Waals surface area (Å²) in [7, 11) is 0. The molecular formula is C8H15F3N2O. The van der Waals surface area contributed by atoms with Gasteiger partial charge in [-0.3, -0.25) is 4.90 Å². The van der Waals surface area contributed by atoms with Crippen molar-refractivity contribution in [1.29, 1.82) is 0 Å². The van der Waals surface area contributed by atoms with Gasteiger partial charge >= 0.3 is 6.18 Å². The monoisotopic (exact) mass is 212 g/mol. The fraction of sp³-hybridized carbons (Fsp3) is 1.00. The van der Waals surface area contributed by atoms with E-state index < -0.39 is 12.8 Å². The Hall–Kier alpha value is -0.330. The molecule has 2 N–H and O–H groups in total. The van der Waals surface area contributed by atoms with Crippen molar-refractivity contribution < 1.29 is 17.9 Å². The molecule has 1 fully saturated rings. The number of rotatable bonds is 4. The number of halogens is 3. The highest BCUT2D eigenvalue weighted by Crippen LogP contribution is 2.14. The summed E-state index contributed by atoms with van der Waals surface area (Å²) in [5.74, 6) is 0. The molecule has 84 valence electrons. The first kappa shape index (κ1) is 11.7. The highest BCUT2D eigenvalue weighted by Gasteiger charge is 2.27. The van der Waals surface area contributed by atoms with Crippen LogP contribution >= 0.6 is 0 Å². The predicted molar refractivity (Wildman–Crippen MR) is 45.9 cm³/mol. The second kappa shape index (κ2) is 4.95. The third-order valence-electron chi connectivity index (χ3n) is 2.13. The molecule has 0 aliphatic carbocycles. The highest BCUT2D eigenvalue weighted by atomic mass is 19.4. The molecule has 0 spiro atoms. The molecule has 1 saturated heterocycles. The first-order valence-electron chi connectivity index (χ1n) is 4.60. The van der Waals surface area contributed by atoms with Crippen LogP contribution < -0.4 is 5.73 Å². The number of hydrogen-bond donors (Lipinski definition) is 1. The molecule has 14 heavy (non-hydrogen) atoms. The van der Waals surface area contributed by atoms with Gasteiger partial charge in [0.15, 0.2) is 0 Å². The molecule has 0 unspecified atom stereocenters. The molecule has 1 rings (SSSR count). The van der Waals surface area contributed by atoms with Crippen LogP contribution in [0.1, 0.15) is 6.42 Å². The lowest BCUT2D eigenvalue weighted by molar-refractivity contribution is -0.174. The minimum absolute atomic E-state index is 0.117. The summed E-state index contributed by atoms with van der Waals surface area (Å²) in [6.07, 6.45) is -3.30. The van der Waals surface area contributed by atoms with E-state index in [1.165, 1.54) is 0 Å². The van der Waals surface area contributed by atoms with Gasteiger partial charge in [-0.05, 0) is 13.0 Å². The van der Waals surface area contributed by atoms with Gasteiger partial charge in [-0.25, -0.2) is 0 Å². The van der Waals surface area contributed by atoms with Crippen LogP contribution in [0.25, 0.3) is 0 Å². The van der Waals surface area contributed by atoms with Crippen LogP contribution in [0.2, 0.25) is 0 Å². The van der Waals surface area contributed by atoms with Crippen LogP contribution in [-0.4, -0.2) is 50.0 Å². The average molecular weight is 212 g/mol. The lowest BCUT2D eigenvalue weighted by Gasteiger charge is -2.15. The van der Waals surface area contributed by atoms with Crippen LogP contribution in [0.15, 0.2) is 0 Å². The molecule has 0 aromatic heterocycles. The molecule has 0 aromatic carbocycles. The third-order valence-corrected chi connectivity index (χ3v) is 2.13. The average Bonchev–Trinajstić information content (AvgIpc) is 2.44. The quantitative estimate of drug-likeness (QED) is 0.693. The van der Waals surface area contributed by atoms with Crippen molar-refractivity contribution in [2.75, 3.05) is 32.8 Å². The van der Waals surface area contributed by atoms with Gasteiger partial charge in [-0.2, -0.15) is 13.2 Å². The molecule has 1 aliphatic heterocycles. The zero-order chi connectivity index (χ0) is 10.6. The zero-order valence-corrected chi connectivity index (χ0v) is 7.89. The van der Waals surface area contributed by atoms with Gasteiger partial charge < -0.3 is 10.5 Å². The normalized spacial score (nSPS) is 24.4. The third kappa shape index (κ3) is 4.78. The molecule has 1 heterocycles. The van der Waals surface area contributed by atoms with Gasteiger partial charge in [-0.1, -0.05) is 0 Å². The number of hydrogen-bond acceptors (Lipinski definition) is 3. The number of ether oxygens (including phenoxy) is 1. The SMILES string of the molecule is N[C@@H]1CCN(CCOCC(F)(F)F)C1. The van der Waals surface area contributed by atoms with Crippen molar-refractivity contribution in [3.8, 4) is 0 Å². The van der Waals surface area contributed by atoms with Gasteiger partial charge in [-0.15, -0.1) is 0 Å². The van der Waals surface area contributed by atoms with E-state index in [-0.39, 0.29) is 12.6 Å². The number of alkyl halides is 3. The molecule has 0 saturated carbocycles. The molecule has 1 atom stereocenters. The Morgan fingerprint density at radius 3 is 2.64 bits per heavy atom. The predicted octanol–water partition coefficient (Wildman–Crippen LogP) is 0.598. The highest BCUT2D eigenvalue weighted by molar-refractivity contribution is 4.77. The standard InChI is InChI=1S/C8H15F3N2O/c9-8(10,11)6-14-4-3-13-2-1-7(12)5-13/h7H,1-6,12H2/t7-/m1/s1. The fourth-order valence-electron chi connectivity index (χ4n) is 1.45. The Kier molecular flexibility index (Phi) is 4.15. The van der Waals surface area contributed by atoms with Gasteiger partial charge in [0.25, 0.3) is 0 Å². The summed E-state index contributed by atoms with van der Waals surface area (Å²) in [6.45, 7) is 1.11. The van der Waals surface area contributed by atoms with Crippen LogP contribution in [0.3, 0.4) is 0 Å². The van der Waals surface area contributed by atoms with E-state index in [1.54, 1.807) is 0 Å². The van der Waals surface area contributed by atoms with Crippen molar-refractivity contribution in [3.63, 3.8) is 0 Å².